The smallest absolute Gasteiger partial charge is 0.163 e. The average Bonchev–Trinajstić information content (AvgIpc) is 2.74. The van der Waals surface area contributed by atoms with Crippen molar-refractivity contribution in [2.45, 2.75) is 33.3 Å². The van der Waals surface area contributed by atoms with Crippen molar-refractivity contribution in [3.8, 4) is 17.6 Å². The molecule has 3 aromatic rings. The Labute approximate surface area is 176 Å². The predicted molar refractivity (Wildman–Crippen MR) is 117 cm³/mol. The first-order valence-corrected chi connectivity index (χ1v) is 9.86. The summed E-state index contributed by atoms with van der Waals surface area (Å²) in [5.41, 5.74) is 4.24. The Kier molecular flexibility index (Phi) is 6.71. The zero-order valence-electron chi connectivity index (χ0n) is 17.1. The molecule has 0 unspecified atom stereocenters. The van der Waals surface area contributed by atoms with E-state index in [1.807, 2.05) is 43.3 Å². The number of anilines is 2. The van der Waals surface area contributed by atoms with Gasteiger partial charge in [0.2, 0.25) is 0 Å². The standard InChI is InChI=1S/C25H24N2O3/c1-3-6-23-24(12-11-22(17(2)28)25(23)29)30-16-19-8-5-10-21(14-19)27-20-9-4-7-18(13-20)15-26/h4-5,7-14,27,29H,3,6,16H2,1-2H3. The number of benzene rings is 3. The first kappa shape index (κ1) is 20.9. The highest BCUT2D eigenvalue weighted by atomic mass is 16.5. The lowest BCUT2D eigenvalue weighted by Gasteiger charge is -2.15. The fourth-order valence-electron chi connectivity index (χ4n) is 3.26. The molecule has 30 heavy (non-hydrogen) atoms. The van der Waals surface area contributed by atoms with Crippen LogP contribution in [0.1, 0.15) is 47.3 Å². The van der Waals surface area contributed by atoms with Gasteiger partial charge in [-0.05, 0) is 61.4 Å². The number of ether oxygens (including phenoxy) is 1. The molecule has 0 saturated heterocycles. The highest BCUT2D eigenvalue weighted by Gasteiger charge is 2.16. The third-order valence-corrected chi connectivity index (χ3v) is 4.72. The van der Waals surface area contributed by atoms with Gasteiger partial charge in [0, 0.05) is 16.9 Å². The van der Waals surface area contributed by atoms with Crippen molar-refractivity contribution in [1.82, 2.24) is 0 Å². The second-order valence-corrected chi connectivity index (χ2v) is 7.05. The first-order chi connectivity index (χ1) is 14.5. The van der Waals surface area contributed by atoms with Gasteiger partial charge in [0.1, 0.15) is 18.1 Å². The molecular formula is C25H24N2O3. The van der Waals surface area contributed by atoms with Crippen LogP contribution in [0.3, 0.4) is 0 Å². The molecule has 0 fully saturated rings. The number of nitrogens with zero attached hydrogens (tertiary/aromatic N) is 1. The quantitative estimate of drug-likeness (QED) is 0.471. The summed E-state index contributed by atoms with van der Waals surface area (Å²) in [6, 6.07) is 20.6. The molecule has 152 valence electrons. The van der Waals surface area contributed by atoms with Gasteiger partial charge in [-0.15, -0.1) is 0 Å². The van der Waals surface area contributed by atoms with Gasteiger partial charge in [-0.3, -0.25) is 4.79 Å². The van der Waals surface area contributed by atoms with E-state index in [0.717, 1.165) is 23.4 Å². The maximum Gasteiger partial charge on any atom is 0.163 e. The largest absolute Gasteiger partial charge is 0.507 e. The van der Waals surface area contributed by atoms with Crippen molar-refractivity contribution < 1.29 is 14.6 Å². The summed E-state index contributed by atoms with van der Waals surface area (Å²) in [5.74, 6) is 0.421. The maximum absolute atomic E-state index is 11.7. The van der Waals surface area contributed by atoms with Crippen LogP contribution in [0, 0.1) is 11.3 Å². The summed E-state index contributed by atoms with van der Waals surface area (Å²) >= 11 is 0. The Balaban J connectivity index is 1.76. The number of phenolic OH excluding ortho intramolecular Hbond substituents is 1. The number of hydrogen-bond acceptors (Lipinski definition) is 5. The highest BCUT2D eigenvalue weighted by molar-refractivity contribution is 5.97. The summed E-state index contributed by atoms with van der Waals surface area (Å²) in [6.07, 6.45) is 1.45. The monoisotopic (exact) mass is 400 g/mol. The molecule has 0 atom stereocenters. The average molecular weight is 400 g/mol. The fraction of sp³-hybridized carbons (Fsp3) is 0.200. The molecule has 0 heterocycles. The normalized spacial score (nSPS) is 10.3. The second kappa shape index (κ2) is 9.62. The molecule has 3 aromatic carbocycles. The number of hydrogen-bond donors (Lipinski definition) is 2. The van der Waals surface area contributed by atoms with Crippen LogP contribution >= 0.6 is 0 Å². The molecule has 0 aliphatic carbocycles. The Morgan fingerprint density at radius 1 is 1.10 bits per heavy atom. The minimum absolute atomic E-state index is 0.00893. The Hall–Kier alpha value is -3.78. The molecule has 0 spiro atoms. The summed E-state index contributed by atoms with van der Waals surface area (Å²) in [5, 5.41) is 22.8. The third kappa shape index (κ3) is 4.98. The van der Waals surface area contributed by atoms with Crippen LogP contribution in [0.15, 0.2) is 60.7 Å². The van der Waals surface area contributed by atoms with Gasteiger partial charge in [-0.1, -0.05) is 31.5 Å². The molecule has 2 N–H and O–H groups in total. The molecule has 5 heteroatoms. The number of Topliss-reactive ketones (excluding diaryl/α,β-unsaturated/α-hetero) is 1. The topological polar surface area (TPSA) is 82.3 Å². The number of ketones is 1. The van der Waals surface area contributed by atoms with Crippen LogP contribution in [0.2, 0.25) is 0 Å². The van der Waals surface area contributed by atoms with Gasteiger partial charge in [-0.2, -0.15) is 5.26 Å². The van der Waals surface area contributed by atoms with Gasteiger partial charge < -0.3 is 15.2 Å². The number of nitrogens with one attached hydrogen (secondary N) is 1. The molecule has 0 aliphatic heterocycles. The Bertz CT molecular complexity index is 1100. The molecule has 0 aromatic heterocycles. The van der Waals surface area contributed by atoms with E-state index < -0.39 is 0 Å². The number of carbonyl (C=O) groups excluding carboxylic acids is 1. The van der Waals surface area contributed by atoms with E-state index in [1.165, 1.54) is 6.92 Å². The molecular weight excluding hydrogens is 376 g/mol. The molecule has 0 radical (unpaired) electrons. The molecule has 0 aliphatic rings. The summed E-state index contributed by atoms with van der Waals surface area (Å²) in [6.45, 7) is 3.78. The van der Waals surface area contributed by atoms with Crippen molar-refractivity contribution in [2.24, 2.45) is 0 Å². The lowest BCUT2D eigenvalue weighted by Crippen LogP contribution is -2.03. The Morgan fingerprint density at radius 3 is 2.53 bits per heavy atom. The Morgan fingerprint density at radius 2 is 1.83 bits per heavy atom. The van der Waals surface area contributed by atoms with Crippen LogP contribution in [0.4, 0.5) is 11.4 Å². The van der Waals surface area contributed by atoms with Gasteiger partial charge in [-0.25, -0.2) is 0 Å². The first-order valence-electron chi connectivity index (χ1n) is 9.86. The second-order valence-electron chi connectivity index (χ2n) is 7.05. The zero-order chi connectivity index (χ0) is 21.5. The van der Waals surface area contributed by atoms with Crippen molar-refractivity contribution in [2.75, 3.05) is 5.32 Å². The zero-order valence-corrected chi connectivity index (χ0v) is 17.1. The molecule has 0 saturated carbocycles. The molecule has 5 nitrogen and oxygen atoms in total. The number of carbonyl (C=O) groups is 1. The lowest BCUT2D eigenvalue weighted by molar-refractivity contribution is 0.101. The number of phenols is 1. The van der Waals surface area contributed by atoms with E-state index in [9.17, 15) is 9.90 Å². The van der Waals surface area contributed by atoms with E-state index in [2.05, 4.69) is 11.4 Å². The molecule has 3 rings (SSSR count). The van der Waals surface area contributed by atoms with Gasteiger partial charge >= 0.3 is 0 Å². The number of nitriles is 1. The van der Waals surface area contributed by atoms with Crippen LogP contribution in [0.25, 0.3) is 0 Å². The summed E-state index contributed by atoms with van der Waals surface area (Å²) in [4.78, 5) is 11.7. The number of aromatic hydroxyl groups is 1. The fourth-order valence-corrected chi connectivity index (χ4v) is 3.26. The van der Waals surface area contributed by atoms with Gasteiger partial charge in [0.25, 0.3) is 0 Å². The SMILES string of the molecule is CCCc1c(OCc2cccc(Nc3cccc(C#N)c3)c2)ccc(C(C)=O)c1O. The molecule has 0 amide bonds. The van der Waals surface area contributed by atoms with Gasteiger partial charge in [0.05, 0.1) is 17.2 Å². The summed E-state index contributed by atoms with van der Waals surface area (Å²) < 4.78 is 5.99. The van der Waals surface area contributed by atoms with Crippen molar-refractivity contribution in [3.63, 3.8) is 0 Å². The van der Waals surface area contributed by atoms with Crippen molar-refractivity contribution in [3.05, 3.63) is 82.9 Å². The van der Waals surface area contributed by atoms with Crippen LogP contribution in [-0.4, -0.2) is 10.9 Å². The van der Waals surface area contributed by atoms with E-state index in [0.29, 0.717) is 35.5 Å². The minimum atomic E-state index is -0.171. The van der Waals surface area contributed by atoms with Crippen LogP contribution in [-0.2, 0) is 13.0 Å². The van der Waals surface area contributed by atoms with Crippen LogP contribution < -0.4 is 10.1 Å². The minimum Gasteiger partial charge on any atom is -0.507 e. The summed E-state index contributed by atoms with van der Waals surface area (Å²) in [7, 11) is 0. The predicted octanol–water partition coefficient (Wildman–Crippen LogP) is 5.74. The van der Waals surface area contributed by atoms with Gasteiger partial charge in [0.15, 0.2) is 5.78 Å². The van der Waals surface area contributed by atoms with Crippen LogP contribution in [0.5, 0.6) is 11.5 Å². The number of rotatable bonds is 8. The van der Waals surface area contributed by atoms with E-state index in [-0.39, 0.29) is 11.5 Å². The molecule has 0 bridgehead atoms. The van der Waals surface area contributed by atoms with Crippen molar-refractivity contribution >= 4 is 17.2 Å². The third-order valence-electron chi connectivity index (χ3n) is 4.72. The van der Waals surface area contributed by atoms with E-state index in [4.69, 9.17) is 10.00 Å². The highest BCUT2D eigenvalue weighted by Crippen LogP contribution is 2.33. The van der Waals surface area contributed by atoms with E-state index in [1.54, 1.807) is 24.3 Å². The lowest BCUT2D eigenvalue weighted by atomic mass is 10.0. The van der Waals surface area contributed by atoms with E-state index >= 15 is 0 Å². The van der Waals surface area contributed by atoms with Crippen molar-refractivity contribution in [1.29, 1.82) is 5.26 Å². The maximum atomic E-state index is 11.7.